The number of nitrogens with zero attached hydrogens (tertiary/aromatic N) is 2. The van der Waals surface area contributed by atoms with Gasteiger partial charge in [-0.2, -0.15) is 0 Å². The molecule has 0 fully saturated rings. The van der Waals surface area contributed by atoms with Crippen LogP contribution in [0.15, 0.2) is 30.6 Å². The van der Waals surface area contributed by atoms with Crippen LogP contribution in [0.25, 0.3) is 0 Å². The normalized spacial score (nSPS) is 11.2. The van der Waals surface area contributed by atoms with E-state index in [0.717, 1.165) is 0 Å². The molecule has 5 nitrogen and oxygen atoms in total. The summed E-state index contributed by atoms with van der Waals surface area (Å²) in [5.74, 6) is 0.861. The van der Waals surface area contributed by atoms with Gasteiger partial charge in [0.1, 0.15) is 11.6 Å². The number of anilines is 1. The first kappa shape index (κ1) is 17.5. The third-order valence-corrected chi connectivity index (χ3v) is 3.61. The minimum atomic E-state index is -0.316. The van der Waals surface area contributed by atoms with E-state index < -0.39 is 0 Å². The number of nitrogens with one attached hydrogen (secondary N) is 1. The van der Waals surface area contributed by atoms with Gasteiger partial charge in [-0.05, 0) is 12.1 Å². The van der Waals surface area contributed by atoms with E-state index in [-0.39, 0.29) is 17.9 Å². The summed E-state index contributed by atoms with van der Waals surface area (Å²) < 4.78 is 5.36. The molecule has 0 aliphatic rings. The van der Waals surface area contributed by atoms with Crippen LogP contribution in [-0.2, 0) is 10.2 Å². The van der Waals surface area contributed by atoms with Gasteiger partial charge in [0.15, 0.2) is 6.61 Å². The van der Waals surface area contributed by atoms with E-state index in [1.165, 1.54) is 0 Å². The lowest BCUT2D eigenvalue weighted by Crippen LogP contribution is -2.21. The van der Waals surface area contributed by atoms with Crippen molar-refractivity contribution >= 4 is 34.8 Å². The van der Waals surface area contributed by atoms with Crippen molar-refractivity contribution in [2.45, 2.75) is 26.2 Å². The molecule has 0 saturated carbocycles. The van der Waals surface area contributed by atoms with Crippen molar-refractivity contribution in [2.75, 3.05) is 11.9 Å². The molecule has 0 spiro atoms. The van der Waals surface area contributed by atoms with Crippen LogP contribution in [0.3, 0.4) is 0 Å². The molecule has 122 valence electrons. The van der Waals surface area contributed by atoms with Crippen molar-refractivity contribution in [1.29, 1.82) is 0 Å². The van der Waals surface area contributed by atoms with E-state index in [0.29, 0.717) is 27.3 Å². The van der Waals surface area contributed by atoms with E-state index in [2.05, 4.69) is 15.3 Å². The molecule has 7 heteroatoms. The molecule has 0 aliphatic carbocycles. The van der Waals surface area contributed by atoms with E-state index in [1.807, 2.05) is 20.8 Å². The average Bonchev–Trinajstić information content (AvgIpc) is 2.48. The van der Waals surface area contributed by atoms with Gasteiger partial charge in [0.2, 0.25) is 0 Å². The first-order valence-electron chi connectivity index (χ1n) is 6.96. The molecule has 0 saturated heterocycles. The quantitative estimate of drug-likeness (QED) is 0.898. The highest BCUT2D eigenvalue weighted by atomic mass is 35.5. The zero-order valence-corrected chi connectivity index (χ0v) is 14.6. The van der Waals surface area contributed by atoms with Crippen molar-refractivity contribution in [3.63, 3.8) is 0 Å². The fourth-order valence-corrected chi connectivity index (χ4v) is 1.98. The number of carbonyl (C=O) groups excluding carboxylic acids is 1. The first-order valence-corrected chi connectivity index (χ1v) is 7.71. The molecule has 1 aromatic carbocycles. The minimum Gasteiger partial charge on any atom is -0.484 e. The van der Waals surface area contributed by atoms with Crippen LogP contribution in [0.1, 0.15) is 26.6 Å². The maximum Gasteiger partial charge on any atom is 0.262 e. The minimum absolute atomic E-state index is 0.139. The lowest BCUT2D eigenvalue weighted by Gasteiger charge is -2.16. The van der Waals surface area contributed by atoms with Crippen molar-refractivity contribution in [2.24, 2.45) is 0 Å². The molecule has 0 bridgehead atoms. The number of benzene rings is 1. The molecule has 0 unspecified atom stereocenters. The summed E-state index contributed by atoms with van der Waals surface area (Å²) in [7, 11) is 0. The summed E-state index contributed by atoms with van der Waals surface area (Å²) in [6.45, 7) is 5.90. The summed E-state index contributed by atoms with van der Waals surface area (Å²) >= 11 is 11.7. The van der Waals surface area contributed by atoms with Gasteiger partial charge in [-0.1, -0.05) is 44.0 Å². The van der Waals surface area contributed by atoms with Crippen molar-refractivity contribution < 1.29 is 9.53 Å². The fourth-order valence-electron chi connectivity index (χ4n) is 1.69. The fraction of sp³-hybridized carbons (Fsp3) is 0.312. The van der Waals surface area contributed by atoms with Crippen molar-refractivity contribution in [3.8, 4) is 5.75 Å². The Kier molecular flexibility index (Phi) is 5.44. The average molecular weight is 354 g/mol. The standard InChI is InChI=1S/C16H17Cl2N3O2/c1-16(2,3)15-19-7-10(8-20-15)21-14(22)9-23-11-4-5-12(17)13(18)6-11/h4-8H,9H2,1-3H3,(H,21,22). The van der Waals surface area contributed by atoms with Gasteiger partial charge in [-0.15, -0.1) is 0 Å². The third-order valence-electron chi connectivity index (χ3n) is 2.87. The van der Waals surface area contributed by atoms with Crippen LogP contribution < -0.4 is 10.1 Å². The molecule has 1 aromatic heterocycles. The largest absolute Gasteiger partial charge is 0.484 e. The van der Waals surface area contributed by atoms with Crippen molar-refractivity contribution in [1.82, 2.24) is 9.97 Å². The maximum absolute atomic E-state index is 11.9. The van der Waals surface area contributed by atoms with E-state index in [9.17, 15) is 4.79 Å². The lowest BCUT2D eigenvalue weighted by molar-refractivity contribution is -0.118. The van der Waals surface area contributed by atoms with E-state index in [1.54, 1.807) is 30.6 Å². The highest BCUT2D eigenvalue weighted by Crippen LogP contribution is 2.26. The molecular formula is C16H17Cl2N3O2. The number of halogens is 2. The number of aromatic nitrogens is 2. The summed E-state index contributed by atoms with van der Waals surface area (Å²) in [6.07, 6.45) is 3.15. The molecule has 1 heterocycles. The smallest absolute Gasteiger partial charge is 0.262 e. The summed E-state index contributed by atoms with van der Waals surface area (Å²) in [5, 5.41) is 3.47. The predicted octanol–water partition coefficient (Wildman–Crippen LogP) is 4.10. The summed E-state index contributed by atoms with van der Waals surface area (Å²) in [6, 6.07) is 4.80. The Bertz CT molecular complexity index is 697. The Hall–Kier alpha value is -1.85. The number of rotatable bonds is 4. The molecule has 1 amide bonds. The Morgan fingerprint density at radius 1 is 1.17 bits per heavy atom. The Morgan fingerprint density at radius 2 is 1.83 bits per heavy atom. The van der Waals surface area contributed by atoms with Gasteiger partial charge in [-0.3, -0.25) is 4.79 Å². The molecule has 2 rings (SSSR count). The summed E-state index contributed by atoms with van der Waals surface area (Å²) in [5.41, 5.74) is 0.375. The maximum atomic E-state index is 11.9. The third kappa shape index (κ3) is 5.08. The van der Waals surface area contributed by atoms with E-state index >= 15 is 0 Å². The van der Waals surface area contributed by atoms with Crippen LogP contribution in [-0.4, -0.2) is 22.5 Å². The highest BCUT2D eigenvalue weighted by Gasteiger charge is 2.16. The lowest BCUT2D eigenvalue weighted by atomic mass is 9.96. The zero-order chi connectivity index (χ0) is 17.0. The Morgan fingerprint density at radius 3 is 2.39 bits per heavy atom. The second-order valence-electron chi connectivity index (χ2n) is 5.96. The Labute approximate surface area is 145 Å². The van der Waals surface area contributed by atoms with Crippen LogP contribution in [0, 0.1) is 0 Å². The number of ether oxygens (including phenoxy) is 1. The first-order chi connectivity index (χ1) is 10.8. The van der Waals surface area contributed by atoms with Gasteiger partial charge in [-0.25, -0.2) is 9.97 Å². The molecule has 0 radical (unpaired) electrons. The van der Waals surface area contributed by atoms with Gasteiger partial charge in [0.25, 0.3) is 5.91 Å². The molecule has 0 atom stereocenters. The SMILES string of the molecule is CC(C)(C)c1ncc(NC(=O)COc2ccc(Cl)c(Cl)c2)cn1. The van der Waals surface area contributed by atoms with Gasteiger partial charge in [0, 0.05) is 11.5 Å². The number of carbonyl (C=O) groups is 1. The van der Waals surface area contributed by atoms with Gasteiger partial charge < -0.3 is 10.1 Å². The molecular weight excluding hydrogens is 337 g/mol. The van der Waals surface area contributed by atoms with Crippen LogP contribution >= 0.6 is 23.2 Å². The Balaban J connectivity index is 1.90. The van der Waals surface area contributed by atoms with E-state index in [4.69, 9.17) is 27.9 Å². The number of hydrogen-bond donors (Lipinski definition) is 1. The van der Waals surface area contributed by atoms with Gasteiger partial charge >= 0.3 is 0 Å². The summed E-state index contributed by atoms with van der Waals surface area (Å²) in [4.78, 5) is 20.4. The second-order valence-corrected chi connectivity index (χ2v) is 6.77. The number of hydrogen-bond acceptors (Lipinski definition) is 4. The topological polar surface area (TPSA) is 64.1 Å². The van der Waals surface area contributed by atoms with Crippen LogP contribution in [0.4, 0.5) is 5.69 Å². The molecule has 2 aromatic rings. The molecule has 0 aliphatic heterocycles. The predicted molar refractivity (Wildman–Crippen MR) is 91.3 cm³/mol. The molecule has 23 heavy (non-hydrogen) atoms. The van der Waals surface area contributed by atoms with Crippen LogP contribution in [0.5, 0.6) is 5.75 Å². The van der Waals surface area contributed by atoms with Crippen LogP contribution in [0.2, 0.25) is 10.0 Å². The van der Waals surface area contributed by atoms with Gasteiger partial charge in [0.05, 0.1) is 28.1 Å². The van der Waals surface area contributed by atoms with Crippen molar-refractivity contribution in [3.05, 3.63) is 46.5 Å². The second kappa shape index (κ2) is 7.15. The zero-order valence-electron chi connectivity index (χ0n) is 13.1. The monoisotopic (exact) mass is 353 g/mol. The highest BCUT2D eigenvalue weighted by molar-refractivity contribution is 6.42. The molecule has 1 N–H and O–H groups in total. The number of amides is 1.